The molecule has 0 spiro atoms. The Hall–Kier alpha value is -2.89. The van der Waals surface area contributed by atoms with Gasteiger partial charge < -0.3 is 15.5 Å². The fourth-order valence-electron chi connectivity index (χ4n) is 3.45. The molecule has 2 aromatic carbocycles. The first kappa shape index (κ1) is 19.9. The van der Waals surface area contributed by atoms with Gasteiger partial charge in [0.25, 0.3) is 0 Å². The van der Waals surface area contributed by atoms with Crippen LogP contribution in [0.2, 0.25) is 0 Å². The number of hydrogen-bond acceptors (Lipinski definition) is 2. The van der Waals surface area contributed by atoms with Crippen LogP contribution in [-0.2, 0) is 11.3 Å². The van der Waals surface area contributed by atoms with Crippen LogP contribution < -0.4 is 10.6 Å². The fourth-order valence-corrected chi connectivity index (χ4v) is 3.45. The molecule has 0 atom stereocenters. The first-order chi connectivity index (χ1) is 13.5. The molecular weight excluding hydrogens is 357 g/mol. The van der Waals surface area contributed by atoms with Gasteiger partial charge in [-0.15, -0.1) is 0 Å². The molecule has 0 radical (unpaired) electrons. The van der Waals surface area contributed by atoms with E-state index in [1.165, 1.54) is 17.7 Å². The average molecular weight is 383 g/mol. The van der Waals surface area contributed by atoms with Gasteiger partial charge in [-0.25, -0.2) is 9.18 Å². The monoisotopic (exact) mass is 383 g/mol. The van der Waals surface area contributed by atoms with E-state index in [2.05, 4.69) is 10.6 Å². The third kappa shape index (κ3) is 5.55. The van der Waals surface area contributed by atoms with E-state index in [0.717, 1.165) is 18.4 Å². The Morgan fingerprint density at radius 1 is 1.11 bits per heavy atom. The minimum atomic E-state index is -0.381. The molecule has 0 bridgehead atoms. The highest BCUT2D eigenvalue weighted by Gasteiger charge is 2.24. The lowest BCUT2D eigenvalue weighted by molar-refractivity contribution is -0.122. The quantitative estimate of drug-likeness (QED) is 0.817. The SMILES string of the molecule is Cc1ccccc1CNC(=O)CC1CCN(C(=O)Nc2cccc(F)c2)CC1. The fraction of sp³-hybridized carbons (Fsp3) is 0.364. The van der Waals surface area contributed by atoms with E-state index in [-0.39, 0.29) is 23.7 Å². The van der Waals surface area contributed by atoms with Crippen molar-refractivity contribution in [2.45, 2.75) is 32.7 Å². The molecule has 2 N–H and O–H groups in total. The number of anilines is 1. The standard InChI is InChI=1S/C22H26FN3O2/c1-16-5-2-3-6-18(16)15-24-21(27)13-17-9-11-26(12-10-17)22(28)25-20-8-4-7-19(23)14-20/h2-8,14,17H,9-13,15H2,1H3,(H,24,27)(H,25,28). The Labute approximate surface area is 164 Å². The maximum Gasteiger partial charge on any atom is 0.321 e. The number of carbonyl (C=O) groups excluding carboxylic acids is 2. The lowest BCUT2D eigenvalue weighted by Gasteiger charge is -2.31. The summed E-state index contributed by atoms with van der Waals surface area (Å²) >= 11 is 0. The number of rotatable bonds is 5. The molecule has 148 valence electrons. The van der Waals surface area contributed by atoms with Crippen LogP contribution in [0.4, 0.5) is 14.9 Å². The molecular formula is C22H26FN3O2. The minimum Gasteiger partial charge on any atom is -0.352 e. The van der Waals surface area contributed by atoms with Crippen LogP contribution in [-0.4, -0.2) is 29.9 Å². The number of nitrogens with zero attached hydrogens (tertiary/aromatic N) is 1. The predicted molar refractivity (Wildman–Crippen MR) is 107 cm³/mol. The number of likely N-dealkylation sites (tertiary alicyclic amines) is 1. The third-order valence-electron chi connectivity index (χ3n) is 5.19. The van der Waals surface area contributed by atoms with E-state index in [1.54, 1.807) is 17.0 Å². The van der Waals surface area contributed by atoms with Gasteiger partial charge in [-0.05, 0) is 55.0 Å². The van der Waals surface area contributed by atoms with Gasteiger partial charge in [0.05, 0.1) is 0 Å². The molecule has 5 nitrogen and oxygen atoms in total. The highest BCUT2D eigenvalue weighted by atomic mass is 19.1. The van der Waals surface area contributed by atoms with Crippen LogP contribution in [0, 0.1) is 18.7 Å². The number of carbonyl (C=O) groups is 2. The summed E-state index contributed by atoms with van der Waals surface area (Å²) in [5, 5.41) is 5.71. The van der Waals surface area contributed by atoms with Crippen LogP contribution in [0.5, 0.6) is 0 Å². The van der Waals surface area contributed by atoms with Crippen molar-refractivity contribution in [2.24, 2.45) is 5.92 Å². The average Bonchev–Trinajstić information content (AvgIpc) is 2.68. The molecule has 1 aliphatic rings. The summed E-state index contributed by atoms with van der Waals surface area (Å²) in [6.07, 6.45) is 2.05. The highest BCUT2D eigenvalue weighted by molar-refractivity contribution is 5.89. The largest absolute Gasteiger partial charge is 0.352 e. The van der Waals surface area contributed by atoms with E-state index >= 15 is 0 Å². The number of nitrogens with one attached hydrogen (secondary N) is 2. The number of aryl methyl sites for hydroxylation is 1. The first-order valence-corrected chi connectivity index (χ1v) is 9.64. The van der Waals surface area contributed by atoms with Crippen molar-refractivity contribution in [1.82, 2.24) is 10.2 Å². The number of benzene rings is 2. The van der Waals surface area contributed by atoms with Crippen molar-refractivity contribution in [2.75, 3.05) is 18.4 Å². The number of piperidine rings is 1. The summed E-state index contributed by atoms with van der Waals surface area (Å²) in [7, 11) is 0. The Bertz CT molecular complexity index is 832. The smallest absolute Gasteiger partial charge is 0.321 e. The van der Waals surface area contributed by atoms with E-state index in [9.17, 15) is 14.0 Å². The molecule has 3 amide bonds. The summed E-state index contributed by atoms with van der Waals surface area (Å²) in [6.45, 7) is 3.76. The van der Waals surface area contributed by atoms with Crippen molar-refractivity contribution in [1.29, 1.82) is 0 Å². The first-order valence-electron chi connectivity index (χ1n) is 9.64. The third-order valence-corrected chi connectivity index (χ3v) is 5.19. The number of urea groups is 1. The summed E-state index contributed by atoms with van der Waals surface area (Å²) < 4.78 is 13.2. The molecule has 2 aromatic rings. The van der Waals surface area contributed by atoms with Crippen molar-refractivity contribution >= 4 is 17.6 Å². The van der Waals surface area contributed by atoms with Crippen molar-refractivity contribution in [3.05, 3.63) is 65.5 Å². The van der Waals surface area contributed by atoms with Crippen LogP contribution in [0.1, 0.15) is 30.4 Å². The Morgan fingerprint density at radius 3 is 2.57 bits per heavy atom. The number of hydrogen-bond donors (Lipinski definition) is 2. The topological polar surface area (TPSA) is 61.4 Å². The molecule has 0 aliphatic carbocycles. The predicted octanol–water partition coefficient (Wildman–Crippen LogP) is 4.08. The highest BCUT2D eigenvalue weighted by Crippen LogP contribution is 2.21. The van der Waals surface area contributed by atoms with Gasteiger partial charge in [0.2, 0.25) is 5.91 Å². The molecule has 0 unspecified atom stereocenters. The maximum atomic E-state index is 13.2. The van der Waals surface area contributed by atoms with Crippen molar-refractivity contribution in [3.8, 4) is 0 Å². The lowest BCUT2D eigenvalue weighted by atomic mass is 9.93. The Kier molecular flexibility index (Phi) is 6.63. The van der Waals surface area contributed by atoms with Gasteiger partial charge in [-0.1, -0.05) is 30.3 Å². The Balaban J connectivity index is 1.40. The van der Waals surface area contributed by atoms with Crippen LogP contribution in [0.15, 0.2) is 48.5 Å². The zero-order valence-corrected chi connectivity index (χ0v) is 16.1. The van der Waals surface area contributed by atoms with E-state index in [4.69, 9.17) is 0 Å². The molecule has 3 rings (SSSR count). The van der Waals surface area contributed by atoms with Crippen molar-refractivity contribution in [3.63, 3.8) is 0 Å². The normalized spacial score (nSPS) is 14.6. The summed E-state index contributed by atoms with van der Waals surface area (Å²) in [4.78, 5) is 26.3. The zero-order valence-electron chi connectivity index (χ0n) is 16.1. The van der Waals surface area contributed by atoms with Gasteiger partial charge in [0, 0.05) is 31.7 Å². The van der Waals surface area contributed by atoms with Gasteiger partial charge in [-0.2, -0.15) is 0 Å². The van der Waals surface area contributed by atoms with E-state index < -0.39 is 0 Å². The molecule has 1 fully saturated rings. The summed E-state index contributed by atoms with van der Waals surface area (Å²) in [6, 6.07) is 13.6. The number of amides is 3. The molecule has 0 aromatic heterocycles. The number of halogens is 1. The second kappa shape index (κ2) is 9.35. The summed E-state index contributed by atoms with van der Waals surface area (Å²) in [5.74, 6) is -0.0609. The van der Waals surface area contributed by atoms with Gasteiger partial charge >= 0.3 is 6.03 Å². The molecule has 1 aliphatic heterocycles. The summed E-state index contributed by atoms with van der Waals surface area (Å²) in [5.41, 5.74) is 2.74. The van der Waals surface area contributed by atoms with E-state index in [1.807, 2.05) is 31.2 Å². The molecule has 1 heterocycles. The van der Waals surface area contributed by atoms with Crippen LogP contribution in [0.25, 0.3) is 0 Å². The molecule has 28 heavy (non-hydrogen) atoms. The zero-order chi connectivity index (χ0) is 19.9. The van der Waals surface area contributed by atoms with Gasteiger partial charge in [0.1, 0.15) is 5.82 Å². The minimum absolute atomic E-state index is 0.0471. The van der Waals surface area contributed by atoms with E-state index in [0.29, 0.717) is 31.7 Å². The Morgan fingerprint density at radius 2 is 1.86 bits per heavy atom. The molecule has 6 heteroatoms. The van der Waals surface area contributed by atoms with Gasteiger partial charge in [-0.3, -0.25) is 4.79 Å². The lowest BCUT2D eigenvalue weighted by Crippen LogP contribution is -2.41. The maximum absolute atomic E-state index is 13.2. The second-order valence-electron chi connectivity index (χ2n) is 7.28. The van der Waals surface area contributed by atoms with Gasteiger partial charge in [0.15, 0.2) is 0 Å². The molecule has 0 saturated carbocycles. The van der Waals surface area contributed by atoms with Crippen LogP contribution >= 0.6 is 0 Å². The second-order valence-corrected chi connectivity index (χ2v) is 7.28. The van der Waals surface area contributed by atoms with Crippen molar-refractivity contribution < 1.29 is 14.0 Å². The molecule has 1 saturated heterocycles. The van der Waals surface area contributed by atoms with Crippen LogP contribution in [0.3, 0.4) is 0 Å².